The maximum Gasteiger partial charge on any atom is 0.312 e. The summed E-state index contributed by atoms with van der Waals surface area (Å²) in [4.78, 5) is 27.7. The average molecular weight is 405 g/mol. The summed E-state index contributed by atoms with van der Waals surface area (Å²) in [5.41, 5.74) is 2.37. The van der Waals surface area contributed by atoms with E-state index in [0.717, 1.165) is 11.3 Å². The molecule has 0 amide bonds. The summed E-state index contributed by atoms with van der Waals surface area (Å²) < 4.78 is 31.2. The molecule has 2 aliphatic rings. The number of fused-ring (bicyclic) bond motifs is 1. The summed E-state index contributed by atoms with van der Waals surface area (Å²) in [7, 11) is -3.11. The molecule has 2 aromatic rings. The van der Waals surface area contributed by atoms with Gasteiger partial charge in [0.15, 0.2) is 9.84 Å². The molecule has 4 heterocycles. The van der Waals surface area contributed by atoms with Crippen molar-refractivity contribution in [3.8, 4) is 5.75 Å². The second-order valence-corrected chi connectivity index (χ2v) is 10.3. The minimum absolute atomic E-state index is 0.0322. The number of nitrogens with zero attached hydrogens (tertiary/aromatic N) is 2. The Balaban J connectivity index is 1.88. The Hall–Kier alpha value is -2.42. The summed E-state index contributed by atoms with van der Waals surface area (Å²) in [5, 5.41) is 4.64. The summed E-state index contributed by atoms with van der Waals surface area (Å²) in [6, 6.07) is 1.65. The zero-order valence-corrected chi connectivity index (χ0v) is 17.1. The van der Waals surface area contributed by atoms with Gasteiger partial charge in [-0.25, -0.2) is 8.42 Å². The number of pyridine rings is 1. The third-order valence-corrected chi connectivity index (χ3v) is 7.69. The van der Waals surface area contributed by atoms with Crippen molar-refractivity contribution in [2.75, 3.05) is 11.5 Å². The summed E-state index contributed by atoms with van der Waals surface area (Å²) in [6.45, 7) is 7.32. The zero-order chi connectivity index (χ0) is 20.4. The molecular formula is C19H23N3O5S. The zero-order valence-electron chi connectivity index (χ0n) is 16.3. The minimum atomic E-state index is -3.11. The van der Waals surface area contributed by atoms with E-state index in [9.17, 15) is 18.0 Å². The van der Waals surface area contributed by atoms with Crippen LogP contribution in [0.2, 0.25) is 0 Å². The molecule has 150 valence electrons. The molecule has 1 fully saturated rings. The smallest absolute Gasteiger partial charge is 0.312 e. The number of hydrogen-bond acceptors (Lipinski definition) is 6. The number of sulfone groups is 1. The van der Waals surface area contributed by atoms with Crippen LogP contribution in [-0.2, 0) is 20.2 Å². The van der Waals surface area contributed by atoms with Gasteiger partial charge in [0.2, 0.25) is 0 Å². The van der Waals surface area contributed by atoms with E-state index in [1.807, 2.05) is 20.8 Å². The topological polar surface area (TPSA) is 111 Å². The molecule has 0 aliphatic carbocycles. The molecule has 0 saturated carbocycles. The Labute approximate surface area is 162 Å². The van der Waals surface area contributed by atoms with E-state index in [4.69, 9.17) is 4.74 Å². The highest BCUT2D eigenvalue weighted by atomic mass is 32.2. The van der Waals surface area contributed by atoms with Crippen LogP contribution in [0.25, 0.3) is 0 Å². The number of ether oxygens (including phenoxy) is 1. The van der Waals surface area contributed by atoms with E-state index in [-0.39, 0.29) is 29.2 Å². The van der Waals surface area contributed by atoms with Crippen molar-refractivity contribution in [2.45, 2.75) is 52.0 Å². The van der Waals surface area contributed by atoms with Crippen LogP contribution in [-0.4, -0.2) is 40.7 Å². The molecule has 2 aliphatic heterocycles. The fraction of sp³-hybridized carbons (Fsp3) is 0.526. The minimum Gasteiger partial charge on any atom is -0.426 e. The first-order valence-corrected chi connectivity index (χ1v) is 11.0. The van der Waals surface area contributed by atoms with E-state index in [0.29, 0.717) is 23.4 Å². The number of nitrogens with one attached hydrogen (secondary N) is 1. The highest BCUT2D eigenvalue weighted by molar-refractivity contribution is 7.91. The Kier molecular flexibility index (Phi) is 4.08. The quantitative estimate of drug-likeness (QED) is 0.758. The third-order valence-electron chi connectivity index (χ3n) is 5.80. The van der Waals surface area contributed by atoms with Gasteiger partial charge in [-0.05, 0) is 34.1 Å². The van der Waals surface area contributed by atoms with Crippen LogP contribution in [0.5, 0.6) is 5.75 Å². The summed E-state index contributed by atoms with van der Waals surface area (Å²) >= 11 is 0. The Morgan fingerprint density at radius 1 is 1.25 bits per heavy atom. The molecule has 0 aromatic carbocycles. The molecule has 8 nitrogen and oxygen atoms in total. The molecular weight excluding hydrogens is 382 g/mol. The van der Waals surface area contributed by atoms with Gasteiger partial charge in [-0.3, -0.25) is 14.3 Å². The van der Waals surface area contributed by atoms with E-state index >= 15 is 0 Å². The van der Waals surface area contributed by atoms with Crippen LogP contribution in [0.4, 0.5) is 0 Å². The van der Waals surface area contributed by atoms with Gasteiger partial charge in [0.05, 0.1) is 34.7 Å². The lowest BCUT2D eigenvalue weighted by atomic mass is 9.85. The molecule has 2 unspecified atom stereocenters. The number of aryl methyl sites for hydroxylation is 2. The predicted octanol–water partition coefficient (Wildman–Crippen LogP) is 1.47. The highest BCUT2D eigenvalue weighted by Gasteiger charge is 2.43. The predicted molar refractivity (Wildman–Crippen MR) is 103 cm³/mol. The van der Waals surface area contributed by atoms with Gasteiger partial charge >= 0.3 is 5.97 Å². The van der Waals surface area contributed by atoms with E-state index in [1.165, 1.54) is 0 Å². The fourth-order valence-corrected chi connectivity index (χ4v) is 6.72. The number of hydrogen-bond donors (Lipinski definition) is 1. The number of aromatic nitrogens is 3. The molecule has 4 rings (SSSR count). The lowest BCUT2D eigenvalue weighted by Gasteiger charge is -2.27. The van der Waals surface area contributed by atoms with Crippen LogP contribution in [0.15, 0.2) is 10.9 Å². The van der Waals surface area contributed by atoms with Crippen molar-refractivity contribution in [1.29, 1.82) is 0 Å². The lowest BCUT2D eigenvalue weighted by Crippen LogP contribution is -2.33. The molecule has 0 radical (unpaired) electrons. The van der Waals surface area contributed by atoms with Crippen molar-refractivity contribution in [3.05, 3.63) is 44.6 Å². The van der Waals surface area contributed by atoms with E-state index < -0.39 is 27.3 Å². The van der Waals surface area contributed by atoms with Gasteiger partial charge in [0.25, 0.3) is 5.56 Å². The monoisotopic (exact) mass is 405 g/mol. The van der Waals surface area contributed by atoms with Gasteiger partial charge in [0, 0.05) is 28.9 Å². The molecule has 1 saturated heterocycles. The highest BCUT2D eigenvalue weighted by Crippen LogP contribution is 2.41. The second-order valence-electron chi connectivity index (χ2n) is 8.13. The van der Waals surface area contributed by atoms with Crippen molar-refractivity contribution >= 4 is 15.8 Å². The summed E-state index contributed by atoms with van der Waals surface area (Å²) in [5.74, 6) is -0.428. The molecule has 2 atom stereocenters. The first-order valence-electron chi connectivity index (χ1n) is 9.22. The van der Waals surface area contributed by atoms with Crippen LogP contribution in [0.1, 0.15) is 53.9 Å². The average Bonchev–Trinajstić information content (AvgIpc) is 3.02. The van der Waals surface area contributed by atoms with Gasteiger partial charge in [-0.15, -0.1) is 0 Å². The second kappa shape index (κ2) is 6.04. The van der Waals surface area contributed by atoms with Crippen LogP contribution in [0, 0.1) is 20.8 Å². The Morgan fingerprint density at radius 3 is 2.61 bits per heavy atom. The first kappa shape index (κ1) is 18.9. The standard InChI is InChI=1S/C19H23N3O5S/c1-10-7-14-17(18(24)20-10)13(8-15(23)27-14)16-11(2)21-22(12(16)3)19(4)5-6-28(25,26)9-19/h7,13H,5-6,8-9H2,1-4H3,(H,20,24). The van der Waals surface area contributed by atoms with Crippen LogP contribution < -0.4 is 10.3 Å². The molecule has 9 heteroatoms. The van der Waals surface area contributed by atoms with Gasteiger partial charge in [0.1, 0.15) is 5.75 Å². The van der Waals surface area contributed by atoms with Crippen molar-refractivity contribution in [2.24, 2.45) is 0 Å². The van der Waals surface area contributed by atoms with Crippen molar-refractivity contribution in [1.82, 2.24) is 14.8 Å². The molecule has 2 aromatic heterocycles. The largest absolute Gasteiger partial charge is 0.426 e. The number of esters is 1. The van der Waals surface area contributed by atoms with Crippen molar-refractivity contribution < 1.29 is 17.9 Å². The van der Waals surface area contributed by atoms with Gasteiger partial charge < -0.3 is 9.72 Å². The molecule has 1 N–H and O–H groups in total. The lowest BCUT2D eigenvalue weighted by molar-refractivity contribution is -0.135. The Bertz CT molecular complexity index is 1160. The van der Waals surface area contributed by atoms with Gasteiger partial charge in [-0.2, -0.15) is 5.10 Å². The first-order chi connectivity index (χ1) is 13.0. The van der Waals surface area contributed by atoms with Crippen LogP contribution in [0.3, 0.4) is 0 Å². The third kappa shape index (κ3) is 2.88. The fourth-order valence-electron chi connectivity index (χ4n) is 4.61. The number of carbonyl (C=O) groups excluding carboxylic acids is 1. The van der Waals surface area contributed by atoms with Crippen molar-refractivity contribution in [3.63, 3.8) is 0 Å². The van der Waals surface area contributed by atoms with E-state index in [1.54, 1.807) is 17.7 Å². The normalized spacial score (nSPS) is 26.1. The molecule has 0 bridgehead atoms. The maximum absolute atomic E-state index is 12.7. The number of H-pyrrole nitrogens is 1. The molecule has 28 heavy (non-hydrogen) atoms. The SMILES string of the molecule is Cc1cc2c(c(=O)[nH]1)C(c1c(C)nn(C3(C)CCS(=O)(=O)C3)c1C)CC(=O)O2. The number of carbonyl (C=O) groups is 1. The number of aromatic amines is 1. The van der Waals surface area contributed by atoms with Crippen LogP contribution >= 0.6 is 0 Å². The number of rotatable bonds is 2. The molecule has 0 spiro atoms. The Morgan fingerprint density at radius 2 is 1.96 bits per heavy atom. The maximum atomic E-state index is 12.7. The van der Waals surface area contributed by atoms with Gasteiger partial charge in [-0.1, -0.05) is 0 Å². The van der Waals surface area contributed by atoms with E-state index in [2.05, 4.69) is 10.1 Å². The summed E-state index contributed by atoms with van der Waals surface area (Å²) in [6.07, 6.45) is 0.529.